The van der Waals surface area contributed by atoms with Gasteiger partial charge in [-0.3, -0.25) is 4.57 Å². The molecule has 0 saturated heterocycles. The lowest BCUT2D eigenvalue weighted by molar-refractivity contribution is 0.371. The zero-order valence-electron chi connectivity index (χ0n) is 9.05. The third kappa shape index (κ3) is 5.12. The van der Waals surface area contributed by atoms with Gasteiger partial charge in [0.25, 0.3) is 0 Å². The second kappa shape index (κ2) is 4.93. The lowest BCUT2D eigenvalue weighted by Gasteiger charge is -2.08. The van der Waals surface area contributed by atoms with Crippen LogP contribution in [-0.4, -0.2) is 9.79 Å². The van der Waals surface area contributed by atoms with E-state index in [2.05, 4.69) is 13.8 Å². The molecule has 0 aliphatic carbocycles. The molecule has 0 bridgehead atoms. The van der Waals surface area contributed by atoms with Gasteiger partial charge in [0.05, 0.1) is 6.16 Å². The lowest BCUT2D eigenvalue weighted by Crippen LogP contribution is -1.95. The van der Waals surface area contributed by atoms with Crippen LogP contribution in [0.5, 0.6) is 0 Å². The van der Waals surface area contributed by atoms with Crippen molar-refractivity contribution in [3.8, 4) is 0 Å². The maximum atomic E-state index is 10.8. The lowest BCUT2D eigenvalue weighted by atomic mass is 10.0. The van der Waals surface area contributed by atoms with Crippen molar-refractivity contribution < 1.29 is 14.4 Å². The van der Waals surface area contributed by atoms with Crippen LogP contribution in [0, 0.1) is 5.92 Å². The first kappa shape index (κ1) is 12.4. The highest BCUT2D eigenvalue weighted by Gasteiger charge is 2.13. The van der Waals surface area contributed by atoms with E-state index in [1.54, 1.807) is 6.07 Å². The van der Waals surface area contributed by atoms with E-state index in [0.717, 1.165) is 12.0 Å². The number of benzene rings is 1. The van der Waals surface area contributed by atoms with Gasteiger partial charge in [0.2, 0.25) is 0 Å². The third-order valence-corrected chi connectivity index (χ3v) is 2.80. The molecule has 0 aromatic heterocycles. The van der Waals surface area contributed by atoms with Gasteiger partial charge in [-0.2, -0.15) is 0 Å². The fourth-order valence-corrected chi connectivity index (χ4v) is 2.24. The summed E-state index contributed by atoms with van der Waals surface area (Å²) in [4.78, 5) is 17.7. The van der Waals surface area contributed by atoms with E-state index in [1.807, 2.05) is 18.2 Å². The molecule has 1 aromatic rings. The molecule has 0 aliphatic rings. The molecule has 0 heterocycles. The Bertz CT molecular complexity index is 368. The van der Waals surface area contributed by atoms with Crippen LogP contribution in [0.3, 0.4) is 0 Å². The second-order valence-electron chi connectivity index (χ2n) is 4.24. The number of hydrogen-bond donors (Lipinski definition) is 2. The molecule has 1 aromatic carbocycles. The van der Waals surface area contributed by atoms with Gasteiger partial charge in [-0.05, 0) is 23.5 Å². The topological polar surface area (TPSA) is 57.5 Å². The molecule has 2 N–H and O–H groups in total. The zero-order valence-corrected chi connectivity index (χ0v) is 9.95. The van der Waals surface area contributed by atoms with Crippen molar-refractivity contribution in [1.82, 2.24) is 0 Å². The van der Waals surface area contributed by atoms with E-state index in [4.69, 9.17) is 9.79 Å². The van der Waals surface area contributed by atoms with Gasteiger partial charge >= 0.3 is 7.60 Å². The first-order chi connectivity index (χ1) is 6.87. The highest BCUT2D eigenvalue weighted by Crippen LogP contribution is 2.39. The summed E-state index contributed by atoms with van der Waals surface area (Å²) in [5.74, 6) is 0.551. The number of hydrogen-bond acceptors (Lipinski definition) is 1. The third-order valence-electron chi connectivity index (χ3n) is 2.02. The van der Waals surface area contributed by atoms with E-state index in [0.29, 0.717) is 11.5 Å². The van der Waals surface area contributed by atoms with Gasteiger partial charge in [-0.25, -0.2) is 0 Å². The maximum Gasteiger partial charge on any atom is 0.329 e. The first-order valence-corrected chi connectivity index (χ1v) is 6.79. The molecule has 0 spiro atoms. The van der Waals surface area contributed by atoms with Gasteiger partial charge in [0.15, 0.2) is 0 Å². The Morgan fingerprint density at radius 1 is 1.27 bits per heavy atom. The Morgan fingerprint density at radius 2 is 1.87 bits per heavy atom. The molecular weight excluding hydrogens is 211 g/mol. The molecule has 0 fully saturated rings. The number of rotatable bonds is 4. The summed E-state index contributed by atoms with van der Waals surface area (Å²) < 4.78 is 10.8. The monoisotopic (exact) mass is 228 g/mol. The van der Waals surface area contributed by atoms with Crippen LogP contribution < -0.4 is 0 Å². The molecule has 4 heteroatoms. The smallest absolute Gasteiger partial charge is 0.324 e. The minimum absolute atomic E-state index is 0.168. The molecule has 3 nitrogen and oxygen atoms in total. The first-order valence-electron chi connectivity index (χ1n) is 4.99. The average Bonchev–Trinajstić information content (AvgIpc) is 1.99. The predicted octanol–water partition coefficient (Wildman–Crippen LogP) is 2.56. The van der Waals surface area contributed by atoms with Crippen LogP contribution in [0.4, 0.5) is 0 Å². The van der Waals surface area contributed by atoms with Crippen molar-refractivity contribution >= 4 is 7.60 Å². The van der Waals surface area contributed by atoms with Gasteiger partial charge in [0.1, 0.15) is 0 Å². The Kier molecular flexibility index (Phi) is 4.09. The molecule has 15 heavy (non-hydrogen) atoms. The summed E-state index contributed by atoms with van der Waals surface area (Å²) in [5, 5.41) is 0. The van der Waals surface area contributed by atoms with Crippen molar-refractivity contribution in [3.63, 3.8) is 0 Å². The van der Waals surface area contributed by atoms with E-state index < -0.39 is 7.60 Å². The molecule has 1 rings (SSSR count). The standard InChI is InChI=1S/C11H17O3P/c1-9(2)6-10-4-3-5-11(7-10)8-15(12,13)14/h3-5,7,9H,6,8H2,1-2H3,(H2,12,13,14). The van der Waals surface area contributed by atoms with Crippen molar-refractivity contribution in [2.75, 3.05) is 0 Å². The van der Waals surface area contributed by atoms with Gasteiger partial charge in [0, 0.05) is 0 Å². The normalized spacial score (nSPS) is 12.1. The Balaban J connectivity index is 2.79. The van der Waals surface area contributed by atoms with Gasteiger partial charge in [-0.1, -0.05) is 38.1 Å². The van der Waals surface area contributed by atoms with Crippen LogP contribution in [-0.2, 0) is 17.1 Å². The predicted molar refractivity (Wildman–Crippen MR) is 60.7 cm³/mol. The van der Waals surface area contributed by atoms with Crippen molar-refractivity contribution in [3.05, 3.63) is 35.4 Å². The molecule has 0 atom stereocenters. The van der Waals surface area contributed by atoms with Crippen LogP contribution in [0.1, 0.15) is 25.0 Å². The van der Waals surface area contributed by atoms with Crippen LogP contribution >= 0.6 is 7.60 Å². The molecule has 0 radical (unpaired) electrons. The van der Waals surface area contributed by atoms with Gasteiger partial charge in [-0.15, -0.1) is 0 Å². The summed E-state index contributed by atoms with van der Waals surface area (Å²) in [7, 11) is -3.94. The van der Waals surface area contributed by atoms with Gasteiger partial charge < -0.3 is 9.79 Å². The molecule has 0 saturated carbocycles. The molecule has 0 unspecified atom stereocenters. The minimum Gasteiger partial charge on any atom is -0.324 e. The fraction of sp³-hybridized carbons (Fsp3) is 0.455. The Hall–Kier alpha value is -0.630. The van der Waals surface area contributed by atoms with E-state index >= 15 is 0 Å². The summed E-state index contributed by atoms with van der Waals surface area (Å²) in [6, 6.07) is 7.47. The summed E-state index contributed by atoms with van der Waals surface area (Å²) in [6.45, 7) is 4.24. The molecule has 84 valence electrons. The highest BCUT2D eigenvalue weighted by molar-refractivity contribution is 7.50. The Labute approximate surface area is 90.3 Å². The van der Waals surface area contributed by atoms with Crippen molar-refractivity contribution in [1.29, 1.82) is 0 Å². The van der Waals surface area contributed by atoms with E-state index in [9.17, 15) is 4.57 Å². The summed E-state index contributed by atoms with van der Waals surface area (Å²) >= 11 is 0. The largest absolute Gasteiger partial charge is 0.329 e. The molecule has 0 aliphatic heterocycles. The maximum absolute atomic E-state index is 10.8. The highest BCUT2D eigenvalue weighted by atomic mass is 31.2. The Morgan fingerprint density at radius 3 is 2.40 bits per heavy atom. The van der Waals surface area contributed by atoms with E-state index in [1.165, 1.54) is 0 Å². The second-order valence-corrected chi connectivity index (χ2v) is 5.89. The van der Waals surface area contributed by atoms with Crippen LogP contribution in [0.25, 0.3) is 0 Å². The molecular formula is C11H17O3P. The fourth-order valence-electron chi connectivity index (χ4n) is 1.56. The van der Waals surface area contributed by atoms with E-state index in [-0.39, 0.29) is 6.16 Å². The average molecular weight is 228 g/mol. The summed E-state index contributed by atoms with van der Waals surface area (Å²) in [6.07, 6.45) is 0.772. The zero-order chi connectivity index (χ0) is 11.5. The SMILES string of the molecule is CC(C)Cc1cccc(CP(=O)(O)O)c1. The minimum atomic E-state index is -3.94. The summed E-state index contributed by atoms with van der Waals surface area (Å²) in [5.41, 5.74) is 1.84. The van der Waals surface area contributed by atoms with Crippen molar-refractivity contribution in [2.45, 2.75) is 26.4 Å². The van der Waals surface area contributed by atoms with Crippen LogP contribution in [0.2, 0.25) is 0 Å². The van der Waals surface area contributed by atoms with Crippen LogP contribution in [0.15, 0.2) is 24.3 Å². The van der Waals surface area contributed by atoms with Crippen molar-refractivity contribution in [2.24, 2.45) is 5.92 Å². The molecule has 0 amide bonds. The quantitative estimate of drug-likeness (QED) is 0.778.